The number of rotatable bonds is 0. The van der Waals surface area contributed by atoms with Crippen molar-refractivity contribution in [2.45, 2.75) is 6.04 Å². The predicted octanol–water partition coefficient (Wildman–Crippen LogP) is -1.48. The summed E-state index contributed by atoms with van der Waals surface area (Å²) in [4.78, 5) is 23.8. The van der Waals surface area contributed by atoms with Gasteiger partial charge in [-0.3, -0.25) is 10.1 Å². The zero-order chi connectivity index (χ0) is 7.72. The van der Waals surface area contributed by atoms with Crippen molar-refractivity contribution in [3.05, 3.63) is 0 Å². The fourth-order valence-corrected chi connectivity index (χ4v) is 0.502. The minimum atomic E-state index is -1.21. The molecule has 1 rings (SSSR count). The molecule has 1 atom stereocenters. The Morgan fingerprint density at radius 1 is 1.60 bits per heavy atom. The predicted molar refractivity (Wildman–Crippen MR) is 31.6 cm³/mol. The molecule has 0 saturated carbocycles. The number of aliphatic imine (C=N–C) groups is 1. The molecule has 0 fully saturated rings. The van der Waals surface area contributed by atoms with E-state index >= 15 is 0 Å². The number of nitrogens with one attached hydrogen (secondary N) is 1. The molecule has 1 heterocycles. The highest BCUT2D eigenvalue weighted by atomic mass is 16.3. The number of aliphatic hydroxyl groups excluding tert-OH is 1. The second-order valence-corrected chi connectivity index (χ2v) is 1.74. The van der Waals surface area contributed by atoms with Crippen LogP contribution in [0.25, 0.3) is 0 Å². The van der Waals surface area contributed by atoms with Crippen LogP contribution in [0.5, 0.6) is 0 Å². The number of imide groups is 1. The summed E-state index contributed by atoms with van der Waals surface area (Å²) in [6.45, 7) is 0. The Hall–Kier alpha value is -1.43. The van der Waals surface area contributed by atoms with Crippen LogP contribution in [0.1, 0.15) is 0 Å². The van der Waals surface area contributed by atoms with Gasteiger partial charge < -0.3 is 10.8 Å². The van der Waals surface area contributed by atoms with E-state index in [0.29, 0.717) is 0 Å². The SMILES string of the molecule is NC1C(=O)NC(=O)N=C1O. The van der Waals surface area contributed by atoms with Crippen LogP contribution in [0.3, 0.4) is 0 Å². The smallest absolute Gasteiger partial charge is 0.350 e. The van der Waals surface area contributed by atoms with Crippen molar-refractivity contribution in [1.29, 1.82) is 0 Å². The first-order chi connectivity index (χ1) is 4.61. The van der Waals surface area contributed by atoms with Crippen LogP contribution in [0, 0.1) is 0 Å². The molecule has 1 aliphatic heterocycles. The Morgan fingerprint density at radius 3 is 2.70 bits per heavy atom. The van der Waals surface area contributed by atoms with E-state index in [0.717, 1.165) is 0 Å². The van der Waals surface area contributed by atoms with Gasteiger partial charge in [-0.15, -0.1) is 0 Å². The molecule has 0 spiro atoms. The van der Waals surface area contributed by atoms with Gasteiger partial charge in [0.1, 0.15) is 0 Å². The zero-order valence-corrected chi connectivity index (χ0v) is 4.87. The number of amides is 3. The molecule has 0 bridgehead atoms. The molecule has 0 aliphatic carbocycles. The van der Waals surface area contributed by atoms with Crippen LogP contribution in [-0.2, 0) is 4.79 Å². The monoisotopic (exact) mass is 143 g/mol. The maximum Gasteiger partial charge on any atom is 0.350 e. The number of carbonyl (C=O) groups is 2. The number of aliphatic hydroxyl groups is 1. The third kappa shape index (κ3) is 0.960. The molecule has 6 heteroatoms. The van der Waals surface area contributed by atoms with Gasteiger partial charge in [0.15, 0.2) is 6.04 Å². The van der Waals surface area contributed by atoms with Crippen LogP contribution in [0.15, 0.2) is 4.99 Å². The molecule has 3 amide bonds. The van der Waals surface area contributed by atoms with E-state index in [4.69, 9.17) is 10.8 Å². The van der Waals surface area contributed by atoms with E-state index in [-0.39, 0.29) is 0 Å². The molecule has 1 unspecified atom stereocenters. The lowest BCUT2D eigenvalue weighted by molar-refractivity contribution is -0.120. The van der Waals surface area contributed by atoms with Gasteiger partial charge in [-0.1, -0.05) is 0 Å². The molecule has 0 aromatic heterocycles. The molecular weight excluding hydrogens is 138 g/mol. The van der Waals surface area contributed by atoms with E-state index in [9.17, 15) is 9.59 Å². The summed E-state index contributed by atoms with van der Waals surface area (Å²) in [5, 5.41) is 10.5. The molecule has 6 nitrogen and oxygen atoms in total. The lowest BCUT2D eigenvalue weighted by Gasteiger charge is -2.12. The third-order valence-electron chi connectivity index (χ3n) is 1.01. The van der Waals surface area contributed by atoms with Gasteiger partial charge >= 0.3 is 6.03 Å². The van der Waals surface area contributed by atoms with Crippen LogP contribution in [0.2, 0.25) is 0 Å². The first kappa shape index (κ1) is 6.69. The van der Waals surface area contributed by atoms with Gasteiger partial charge in [0, 0.05) is 0 Å². The van der Waals surface area contributed by atoms with Gasteiger partial charge in [-0.05, 0) is 0 Å². The fraction of sp³-hybridized carbons (Fsp3) is 0.250. The third-order valence-corrected chi connectivity index (χ3v) is 1.01. The van der Waals surface area contributed by atoms with Gasteiger partial charge in [-0.2, -0.15) is 4.99 Å². The van der Waals surface area contributed by atoms with Gasteiger partial charge in [0.25, 0.3) is 5.91 Å². The number of nitrogens with zero attached hydrogens (tertiary/aromatic N) is 1. The molecule has 4 N–H and O–H groups in total. The highest BCUT2D eigenvalue weighted by Crippen LogP contribution is 1.91. The summed E-state index contributed by atoms with van der Waals surface area (Å²) in [5.74, 6) is -1.38. The average molecular weight is 143 g/mol. The van der Waals surface area contributed by atoms with E-state index < -0.39 is 23.9 Å². The number of carbonyl (C=O) groups excluding carboxylic acids is 2. The average Bonchev–Trinajstić information content (AvgIpc) is 1.82. The second kappa shape index (κ2) is 2.07. The summed E-state index contributed by atoms with van der Waals surface area (Å²) in [6, 6.07) is -2.10. The molecule has 0 saturated heterocycles. The van der Waals surface area contributed by atoms with Crippen molar-refractivity contribution in [3.63, 3.8) is 0 Å². The zero-order valence-electron chi connectivity index (χ0n) is 4.87. The minimum Gasteiger partial charge on any atom is -0.495 e. The van der Waals surface area contributed by atoms with Gasteiger partial charge in [0.2, 0.25) is 5.90 Å². The van der Waals surface area contributed by atoms with E-state index in [1.807, 2.05) is 5.32 Å². The summed E-state index contributed by atoms with van der Waals surface area (Å²) >= 11 is 0. The Kier molecular flexibility index (Phi) is 1.38. The maximum absolute atomic E-state index is 10.5. The maximum atomic E-state index is 10.5. The Bertz CT molecular complexity index is 222. The van der Waals surface area contributed by atoms with Crippen molar-refractivity contribution < 1.29 is 14.7 Å². The van der Waals surface area contributed by atoms with Crippen molar-refractivity contribution in [2.24, 2.45) is 10.7 Å². The molecule has 0 aromatic carbocycles. The standard InChI is InChI=1S/C4H5N3O3/c5-1-2(8)6-4(10)7-3(1)9/h1H,5H2,(H2,6,7,8,9,10). The Labute approximate surface area is 55.7 Å². The highest BCUT2D eigenvalue weighted by Gasteiger charge is 2.26. The van der Waals surface area contributed by atoms with Crippen molar-refractivity contribution in [1.82, 2.24) is 5.32 Å². The normalized spacial score (nSPS) is 25.7. The summed E-state index contributed by atoms with van der Waals surface area (Å²) < 4.78 is 0. The van der Waals surface area contributed by atoms with E-state index in [1.54, 1.807) is 0 Å². The van der Waals surface area contributed by atoms with Crippen molar-refractivity contribution in [3.8, 4) is 0 Å². The Balaban J connectivity index is 2.91. The molecule has 1 aliphatic rings. The minimum absolute atomic E-state index is 0.645. The number of hydrogen-bond acceptors (Lipinski definition) is 3. The highest BCUT2D eigenvalue weighted by molar-refractivity contribution is 6.15. The van der Waals surface area contributed by atoms with Gasteiger partial charge in [0.05, 0.1) is 0 Å². The molecule has 54 valence electrons. The number of nitrogens with two attached hydrogens (primary N) is 1. The van der Waals surface area contributed by atoms with Crippen LogP contribution >= 0.6 is 0 Å². The van der Waals surface area contributed by atoms with E-state index in [1.165, 1.54) is 0 Å². The van der Waals surface area contributed by atoms with Gasteiger partial charge in [-0.25, -0.2) is 4.79 Å². The molecule has 0 radical (unpaired) electrons. The topological polar surface area (TPSA) is 105 Å². The summed E-state index contributed by atoms with van der Waals surface area (Å²) in [6.07, 6.45) is 0. The first-order valence-corrected chi connectivity index (χ1v) is 2.49. The molecule has 10 heavy (non-hydrogen) atoms. The lowest BCUT2D eigenvalue weighted by atomic mass is 10.3. The first-order valence-electron chi connectivity index (χ1n) is 2.49. The van der Waals surface area contributed by atoms with Crippen LogP contribution in [-0.4, -0.2) is 29.0 Å². The summed E-state index contributed by atoms with van der Waals surface area (Å²) in [7, 11) is 0. The summed E-state index contributed by atoms with van der Waals surface area (Å²) in [5.41, 5.74) is 5.04. The lowest BCUT2D eigenvalue weighted by Crippen LogP contribution is -2.51. The number of urea groups is 1. The largest absolute Gasteiger partial charge is 0.495 e. The second-order valence-electron chi connectivity index (χ2n) is 1.74. The molecular formula is C4H5N3O3. The quantitative estimate of drug-likeness (QED) is 0.384. The van der Waals surface area contributed by atoms with E-state index in [2.05, 4.69) is 4.99 Å². The van der Waals surface area contributed by atoms with Crippen LogP contribution in [0.4, 0.5) is 4.79 Å². The Morgan fingerprint density at radius 2 is 2.20 bits per heavy atom. The number of hydrogen-bond donors (Lipinski definition) is 3. The van der Waals surface area contributed by atoms with Crippen LogP contribution < -0.4 is 11.1 Å². The fourth-order valence-electron chi connectivity index (χ4n) is 0.502. The molecule has 0 aromatic rings. The van der Waals surface area contributed by atoms with Crippen molar-refractivity contribution >= 4 is 17.8 Å². The van der Waals surface area contributed by atoms with Crippen molar-refractivity contribution in [2.75, 3.05) is 0 Å².